The summed E-state index contributed by atoms with van der Waals surface area (Å²) >= 11 is 0. The minimum atomic E-state index is 0.887. The van der Waals surface area contributed by atoms with E-state index in [-0.39, 0.29) is 0 Å². The Morgan fingerprint density at radius 1 is 1.18 bits per heavy atom. The van der Waals surface area contributed by atoms with Crippen LogP contribution in [0.3, 0.4) is 0 Å². The molecule has 0 aliphatic carbocycles. The molecule has 17 heavy (non-hydrogen) atoms. The van der Waals surface area contributed by atoms with Crippen LogP contribution in [-0.4, -0.2) is 37.6 Å². The molecule has 1 saturated heterocycles. The molecule has 1 heterocycles. The summed E-state index contributed by atoms with van der Waals surface area (Å²) in [7, 11) is 0. The first kappa shape index (κ1) is 12.3. The molecule has 1 aromatic rings. The van der Waals surface area contributed by atoms with Gasteiger partial charge in [-0.2, -0.15) is 0 Å². The molecule has 1 aliphatic rings. The number of likely N-dealkylation sites (tertiary alicyclic amines) is 1. The van der Waals surface area contributed by atoms with Crippen molar-refractivity contribution in [1.82, 2.24) is 10.2 Å². The number of nitrogens with zero attached hydrogens (tertiary/aromatic N) is 1. The molecule has 0 unspecified atom stereocenters. The van der Waals surface area contributed by atoms with E-state index in [0.717, 1.165) is 13.1 Å². The fourth-order valence-corrected chi connectivity index (χ4v) is 2.26. The maximum Gasteiger partial charge on any atom is 0.0206 e. The number of rotatable bonds is 6. The minimum absolute atomic E-state index is 0.887. The van der Waals surface area contributed by atoms with E-state index in [4.69, 9.17) is 0 Å². The van der Waals surface area contributed by atoms with Gasteiger partial charge in [-0.15, -0.1) is 0 Å². The molecule has 0 saturated carbocycles. The van der Waals surface area contributed by atoms with Crippen LogP contribution in [0, 0.1) is 0 Å². The van der Waals surface area contributed by atoms with Crippen molar-refractivity contribution in [2.75, 3.05) is 32.7 Å². The molecule has 0 radical (unpaired) electrons. The Hall–Kier alpha value is -1.12. The van der Waals surface area contributed by atoms with Crippen molar-refractivity contribution >= 4 is 5.57 Å². The molecule has 0 atom stereocenters. The Balaban J connectivity index is 1.63. The third kappa shape index (κ3) is 3.99. The van der Waals surface area contributed by atoms with E-state index in [0.29, 0.717) is 0 Å². The van der Waals surface area contributed by atoms with Crippen molar-refractivity contribution in [3.8, 4) is 0 Å². The summed E-state index contributed by atoms with van der Waals surface area (Å²) in [5.41, 5.74) is 2.41. The summed E-state index contributed by atoms with van der Waals surface area (Å²) in [6, 6.07) is 10.4. The van der Waals surface area contributed by atoms with Crippen LogP contribution in [0.15, 0.2) is 36.9 Å². The van der Waals surface area contributed by atoms with Gasteiger partial charge in [-0.25, -0.2) is 0 Å². The van der Waals surface area contributed by atoms with Gasteiger partial charge in [-0.3, -0.25) is 0 Å². The smallest absolute Gasteiger partial charge is 0.0206 e. The average molecular weight is 230 g/mol. The van der Waals surface area contributed by atoms with Crippen molar-refractivity contribution in [2.24, 2.45) is 0 Å². The van der Waals surface area contributed by atoms with Crippen LogP contribution < -0.4 is 5.32 Å². The first-order chi connectivity index (χ1) is 8.36. The maximum atomic E-state index is 4.12. The van der Waals surface area contributed by atoms with Gasteiger partial charge in [0.25, 0.3) is 0 Å². The topological polar surface area (TPSA) is 15.3 Å². The zero-order valence-corrected chi connectivity index (χ0v) is 10.5. The zero-order chi connectivity index (χ0) is 11.9. The second-order valence-corrected chi connectivity index (χ2v) is 4.70. The van der Waals surface area contributed by atoms with Crippen molar-refractivity contribution in [3.63, 3.8) is 0 Å². The lowest BCUT2D eigenvalue weighted by molar-refractivity contribution is 0.338. The number of nitrogens with one attached hydrogen (secondary N) is 1. The fraction of sp³-hybridized carbons (Fsp3) is 0.467. The zero-order valence-electron chi connectivity index (χ0n) is 10.5. The van der Waals surface area contributed by atoms with Crippen molar-refractivity contribution < 1.29 is 0 Å². The van der Waals surface area contributed by atoms with Crippen LogP contribution in [0.25, 0.3) is 5.57 Å². The van der Waals surface area contributed by atoms with Crippen molar-refractivity contribution in [2.45, 2.75) is 12.8 Å². The number of hydrogen-bond donors (Lipinski definition) is 1. The van der Waals surface area contributed by atoms with Crippen LogP contribution in [0.2, 0.25) is 0 Å². The predicted octanol–water partition coefficient (Wildman–Crippen LogP) is 2.39. The molecule has 1 N–H and O–H groups in total. The minimum Gasteiger partial charge on any atom is -0.311 e. The Kier molecular flexibility index (Phi) is 4.77. The van der Waals surface area contributed by atoms with Gasteiger partial charge in [0.05, 0.1) is 0 Å². The molecular weight excluding hydrogens is 208 g/mol. The first-order valence-corrected chi connectivity index (χ1v) is 6.52. The highest BCUT2D eigenvalue weighted by Gasteiger charge is 2.09. The van der Waals surface area contributed by atoms with Gasteiger partial charge in [-0.05, 0) is 37.1 Å². The van der Waals surface area contributed by atoms with Crippen LogP contribution >= 0.6 is 0 Å². The Morgan fingerprint density at radius 3 is 2.59 bits per heavy atom. The lowest BCUT2D eigenvalue weighted by Crippen LogP contribution is -2.30. The van der Waals surface area contributed by atoms with Gasteiger partial charge >= 0.3 is 0 Å². The lowest BCUT2D eigenvalue weighted by atomic mass is 10.1. The first-order valence-electron chi connectivity index (χ1n) is 6.52. The third-order valence-electron chi connectivity index (χ3n) is 3.32. The molecule has 2 heteroatoms. The van der Waals surface area contributed by atoms with Gasteiger partial charge in [-0.1, -0.05) is 36.9 Å². The monoisotopic (exact) mass is 230 g/mol. The lowest BCUT2D eigenvalue weighted by Gasteiger charge is -2.15. The highest BCUT2D eigenvalue weighted by molar-refractivity contribution is 5.64. The normalized spacial score (nSPS) is 16.2. The van der Waals surface area contributed by atoms with E-state index >= 15 is 0 Å². The highest BCUT2D eigenvalue weighted by atomic mass is 15.1. The van der Waals surface area contributed by atoms with Gasteiger partial charge in [0.15, 0.2) is 0 Å². The van der Waals surface area contributed by atoms with Crippen molar-refractivity contribution in [1.29, 1.82) is 0 Å². The molecule has 1 aromatic carbocycles. The molecule has 2 nitrogen and oxygen atoms in total. The van der Waals surface area contributed by atoms with Gasteiger partial charge in [0, 0.05) is 19.6 Å². The molecule has 2 rings (SSSR count). The van der Waals surface area contributed by atoms with E-state index in [1.54, 1.807) is 0 Å². The molecule has 1 fully saturated rings. The van der Waals surface area contributed by atoms with E-state index in [2.05, 4.69) is 41.1 Å². The molecule has 1 aliphatic heterocycles. The second-order valence-electron chi connectivity index (χ2n) is 4.70. The van der Waals surface area contributed by atoms with E-state index in [9.17, 15) is 0 Å². The quantitative estimate of drug-likeness (QED) is 0.755. The largest absolute Gasteiger partial charge is 0.311 e. The SMILES string of the molecule is C=C(CNCCN1CCCC1)c1ccccc1. The van der Waals surface area contributed by atoms with Gasteiger partial charge < -0.3 is 10.2 Å². The summed E-state index contributed by atoms with van der Waals surface area (Å²) in [6.07, 6.45) is 2.74. The van der Waals surface area contributed by atoms with Crippen LogP contribution in [0.5, 0.6) is 0 Å². The van der Waals surface area contributed by atoms with Crippen molar-refractivity contribution in [3.05, 3.63) is 42.5 Å². The average Bonchev–Trinajstić information content (AvgIpc) is 2.88. The summed E-state index contributed by atoms with van der Waals surface area (Å²) < 4.78 is 0. The summed E-state index contributed by atoms with van der Waals surface area (Å²) in [5.74, 6) is 0. The van der Waals surface area contributed by atoms with Gasteiger partial charge in [0.2, 0.25) is 0 Å². The second kappa shape index (κ2) is 6.58. The van der Waals surface area contributed by atoms with Crippen LogP contribution in [0.1, 0.15) is 18.4 Å². The summed E-state index contributed by atoms with van der Waals surface area (Å²) in [4.78, 5) is 2.53. The van der Waals surface area contributed by atoms with Crippen LogP contribution in [-0.2, 0) is 0 Å². The molecule has 0 amide bonds. The summed E-state index contributed by atoms with van der Waals surface area (Å²) in [6.45, 7) is 9.79. The number of benzene rings is 1. The summed E-state index contributed by atoms with van der Waals surface area (Å²) in [5, 5.41) is 3.47. The Labute approximate surface area is 104 Å². The predicted molar refractivity (Wildman–Crippen MR) is 74.0 cm³/mol. The maximum absolute atomic E-state index is 4.12. The van der Waals surface area contributed by atoms with Gasteiger partial charge in [0.1, 0.15) is 0 Å². The van der Waals surface area contributed by atoms with E-state index < -0.39 is 0 Å². The van der Waals surface area contributed by atoms with Crippen LogP contribution in [0.4, 0.5) is 0 Å². The highest BCUT2D eigenvalue weighted by Crippen LogP contribution is 2.10. The molecule has 0 spiro atoms. The Morgan fingerprint density at radius 2 is 1.88 bits per heavy atom. The number of hydrogen-bond acceptors (Lipinski definition) is 2. The molecule has 0 bridgehead atoms. The molecule has 92 valence electrons. The third-order valence-corrected chi connectivity index (χ3v) is 3.32. The van der Waals surface area contributed by atoms with E-state index in [1.165, 1.54) is 43.6 Å². The fourth-order valence-electron chi connectivity index (χ4n) is 2.26. The molecule has 0 aromatic heterocycles. The molecular formula is C15H22N2. The van der Waals surface area contributed by atoms with E-state index in [1.807, 2.05) is 6.07 Å². The standard InChI is InChI=1S/C15H22N2/c1-14(15-7-3-2-4-8-15)13-16-9-12-17-10-5-6-11-17/h2-4,7-8,16H,1,5-6,9-13H2. The Bertz CT molecular complexity index is 339.